The second kappa shape index (κ2) is 8.53. The van der Waals surface area contributed by atoms with Crippen molar-refractivity contribution in [2.45, 2.75) is 38.8 Å². The van der Waals surface area contributed by atoms with Crippen LogP contribution in [-0.2, 0) is 6.54 Å². The number of piperidine rings is 1. The van der Waals surface area contributed by atoms with Gasteiger partial charge in [-0.2, -0.15) is 0 Å². The third kappa shape index (κ3) is 4.41. The van der Waals surface area contributed by atoms with Gasteiger partial charge in [0, 0.05) is 37.2 Å². The van der Waals surface area contributed by atoms with Gasteiger partial charge in [0.15, 0.2) is 0 Å². The normalized spacial score (nSPS) is 19.0. The van der Waals surface area contributed by atoms with Gasteiger partial charge in [-0.25, -0.2) is 0 Å². The Morgan fingerprint density at radius 1 is 0.815 bits per heavy atom. The van der Waals surface area contributed by atoms with E-state index >= 15 is 0 Å². The van der Waals surface area contributed by atoms with E-state index in [9.17, 15) is 0 Å². The minimum absolute atomic E-state index is 0.612. The van der Waals surface area contributed by atoms with E-state index in [-0.39, 0.29) is 0 Å². The zero-order valence-corrected chi connectivity index (χ0v) is 17.0. The van der Waals surface area contributed by atoms with Crippen molar-refractivity contribution in [3.05, 3.63) is 59.1 Å². The molecule has 0 amide bonds. The number of para-hydroxylation sites is 2. The predicted octanol–water partition coefficient (Wildman–Crippen LogP) is 5.04. The van der Waals surface area contributed by atoms with E-state index in [0.29, 0.717) is 6.04 Å². The molecule has 1 atom stereocenters. The number of benzene rings is 2. The Hall–Kier alpha value is -1.71. The van der Waals surface area contributed by atoms with Crippen LogP contribution < -0.4 is 9.80 Å². The molecule has 0 radical (unpaired) electrons. The highest BCUT2D eigenvalue weighted by molar-refractivity contribution is 6.30. The average Bonchev–Trinajstić information content (AvgIpc) is 2.72. The van der Waals surface area contributed by atoms with E-state index < -0.39 is 0 Å². The molecule has 1 saturated heterocycles. The van der Waals surface area contributed by atoms with Crippen LogP contribution in [0.3, 0.4) is 0 Å². The molecule has 0 bridgehead atoms. The highest BCUT2D eigenvalue weighted by Gasteiger charge is 2.25. The second-order valence-electron chi connectivity index (χ2n) is 7.93. The van der Waals surface area contributed by atoms with Gasteiger partial charge in [-0.05, 0) is 62.7 Å². The summed E-state index contributed by atoms with van der Waals surface area (Å²) in [5, 5.41) is 0.802. The molecular weight excluding hydrogens is 354 g/mol. The second-order valence-corrected chi connectivity index (χ2v) is 8.36. The van der Waals surface area contributed by atoms with Crippen molar-refractivity contribution < 1.29 is 0 Å². The van der Waals surface area contributed by atoms with Crippen molar-refractivity contribution >= 4 is 23.0 Å². The highest BCUT2D eigenvalue weighted by atomic mass is 35.5. The van der Waals surface area contributed by atoms with Crippen molar-refractivity contribution in [1.29, 1.82) is 0 Å². The largest absolute Gasteiger partial charge is 0.367 e. The molecule has 2 aromatic rings. The Bertz CT molecular complexity index is 740. The van der Waals surface area contributed by atoms with Gasteiger partial charge < -0.3 is 9.80 Å². The maximum Gasteiger partial charge on any atom is 0.0607 e. The molecule has 1 unspecified atom stereocenters. The van der Waals surface area contributed by atoms with E-state index in [2.05, 4.69) is 58.0 Å². The van der Waals surface area contributed by atoms with Crippen LogP contribution in [-0.4, -0.2) is 43.7 Å². The van der Waals surface area contributed by atoms with E-state index in [0.717, 1.165) is 31.2 Å². The lowest BCUT2D eigenvalue weighted by atomic mass is 10.1. The van der Waals surface area contributed by atoms with Crippen LogP contribution in [0.2, 0.25) is 5.02 Å². The molecule has 0 spiro atoms. The highest BCUT2D eigenvalue weighted by Crippen LogP contribution is 2.34. The number of fused-ring (bicyclic) bond motifs is 1. The van der Waals surface area contributed by atoms with Gasteiger partial charge >= 0.3 is 0 Å². The Morgan fingerprint density at radius 3 is 2.15 bits per heavy atom. The summed E-state index contributed by atoms with van der Waals surface area (Å²) in [4.78, 5) is 7.76. The number of anilines is 2. The van der Waals surface area contributed by atoms with Gasteiger partial charge in [-0.3, -0.25) is 4.90 Å². The number of nitrogens with zero attached hydrogens (tertiary/aromatic N) is 3. The molecule has 2 aromatic carbocycles. The third-order valence-electron chi connectivity index (χ3n) is 5.99. The van der Waals surface area contributed by atoms with E-state index in [1.165, 1.54) is 49.3 Å². The lowest BCUT2D eigenvalue weighted by molar-refractivity contribution is 0.176. The first kappa shape index (κ1) is 18.6. The number of likely N-dealkylation sites (tertiary alicyclic amines) is 1. The minimum atomic E-state index is 0.612. The van der Waals surface area contributed by atoms with Gasteiger partial charge in [-0.1, -0.05) is 42.3 Å². The van der Waals surface area contributed by atoms with Crippen molar-refractivity contribution in [2.24, 2.45) is 0 Å². The summed E-state index contributed by atoms with van der Waals surface area (Å²) < 4.78 is 0. The van der Waals surface area contributed by atoms with Crippen LogP contribution in [0.4, 0.5) is 11.4 Å². The lowest BCUT2D eigenvalue weighted by Crippen LogP contribution is -2.48. The van der Waals surface area contributed by atoms with Crippen molar-refractivity contribution in [3.8, 4) is 0 Å². The smallest absolute Gasteiger partial charge is 0.0607 e. The first-order valence-corrected chi connectivity index (χ1v) is 10.7. The zero-order valence-electron chi connectivity index (χ0n) is 16.3. The standard InChI is InChI=1S/C23H30ClN3/c1-19(25-13-5-2-6-14-25)17-26-15-16-27(23-8-4-3-7-22(23)26)18-20-9-11-21(24)12-10-20/h3-4,7-12,19H,2,5-6,13-18H2,1H3. The molecule has 4 heteroatoms. The molecule has 2 heterocycles. The Kier molecular flexibility index (Phi) is 5.89. The molecule has 2 aliphatic rings. The third-order valence-corrected chi connectivity index (χ3v) is 6.24. The Labute approximate surface area is 168 Å². The average molecular weight is 384 g/mol. The summed E-state index contributed by atoms with van der Waals surface area (Å²) in [6.07, 6.45) is 4.11. The molecule has 0 N–H and O–H groups in total. The summed E-state index contributed by atoms with van der Waals surface area (Å²) in [6.45, 7) is 9.12. The summed E-state index contributed by atoms with van der Waals surface area (Å²) in [7, 11) is 0. The van der Waals surface area contributed by atoms with Crippen LogP contribution >= 0.6 is 11.6 Å². The van der Waals surface area contributed by atoms with Gasteiger partial charge in [-0.15, -0.1) is 0 Å². The Morgan fingerprint density at radius 2 is 1.44 bits per heavy atom. The van der Waals surface area contributed by atoms with Crippen molar-refractivity contribution in [2.75, 3.05) is 42.5 Å². The number of rotatable bonds is 5. The van der Waals surface area contributed by atoms with Crippen LogP contribution in [0, 0.1) is 0 Å². The number of halogens is 1. The molecule has 0 saturated carbocycles. The van der Waals surface area contributed by atoms with Gasteiger partial charge in [0.1, 0.15) is 0 Å². The fourth-order valence-corrected chi connectivity index (χ4v) is 4.56. The SMILES string of the molecule is CC(CN1CCN(Cc2ccc(Cl)cc2)c2ccccc21)N1CCCCC1. The summed E-state index contributed by atoms with van der Waals surface area (Å²) in [5.41, 5.74) is 4.04. The quantitative estimate of drug-likeness (QED) is 0.716. The summed E-state index contributed by atoms with van der Waals surface area (Å²) in [6, 6.07) is 17.7. The molecule has 4 rings (SSSR count). The van der Waals surface area contributed by atoms with Crippen LogP contribution in [0.1, 0.15) is 31.7 Å². The fraction of sp³-hybridized carbons (Fsp3) is 0.478. The monoisotopic (exact) mass is 383 g/mol. The minimum Gasteiger partial charge on any atom is -0.367 e. The Balaban J connectivity index is 1.48. The topological polar surface area (TPSA) is 9.72 Å². The fourth-order valence-electron chi connectivity index (χ4n) is 4.44. The van der Waals surface area contributed by atoms with E-state index in [4.69, 9.17) is 11.6 Å². The molecular formula is C23H30ClN3. The molecule has 1 fully saturated rings. The maximum absolute atomic E-state index is 6.04. The van der Waals surface area contributed by atoms with Gasteiger partial charge in [0.05, 0.1) is 11.4 Å². The molecule has 27 heavy (non-hydrogen) atoms. The van der Waals surface area contributed by atoms with Crippen molar-refractivity contribution in [3.63, 3.8) is 0 Å². The molecule has 0 aliphatic carbocycles. The van der Waals surface area contributed by atoms with Crippen LogP contribution in [0.25, 0.3) is 0 Å². The first-order valence-electron chi connectivity index (χ1n) is 10.3. The van der Waals surface area contributed by atoms with E-state index in [1.807, 2.05) is 12.1 Å². The summed E-state index contributed by atoms with van der Waals surface area (Å²) >= 11 is 6.04. The van der Waals surface area contributed by atoms with Gasteiger partial charge in [0.2, 0.25) is 0 Å². The predicted molar refractivity (Wildman–Crippen MR) is 116 cm³/mol. The number of hydrogen-bond donors (Lipinski definition) is 0. The lowest BCUT2D eigenvalue weighted by Gasteiger charge is -2.42. The zero-order chi connectivity index (χ0) is 18.6. The maximum atomic E-state index is 6.04. The number of hydrogen-bond acceptors (Lipinski definition) is 3. The van der Waals surface area contributed by atoms with Crippen LogP contribution in [0.15, 0.2) is 48.5 Å². The van der Waals surface area contributed by atoms with E-state index in [1.54, 1.807) is 0 Å². The molecule has 144 valence electrons. The van der Waals surface area contributed by atoms with Crippen molar-refractivity contribution in [1.82, 2.24) is 4.90 Å². The summed E-state index contributed by atoms with van der Waals surface area (Å²) in [5.74, 6) is 0. The molecule has 2 aliphatic heterocycles. The van der Waals surface area contributed by atoms with Crippen LogP contribution in [0.5, 0.6) is 0 Å². The van der Waals surface area contributed by atoms with Gasteiger partial charge in [0.25, 0.3) is 0 Å². The molecule has 0 aromatic heterocycles. The first-order chi connectivity index (χ1) is 13.2. The molecule has 3 nitrogen and oxygen atoms in total.